The molecule has 1 saturated carbocycles. The summed E-state index contributed by atoms with van der Waals surface area (Å²) in [6.07, 6.45) is 15.2. The lowest BCUT2D eigenvalue weighted by Gasteiger charge is -2.41. The largest absolute Gasteiger partial charge is 0.399 e. The van der Waals surface area contributed by atoms with Crippen LogP contribution in [0.4, 0.5) is 0 Å². The fraction of sp³-hybridized carbons (Fsp3) is 0.692. The zero-order valence-corrected chi connectivity index (χ0v) is 21.9. The molecule has 0 aromatic heterocycles. The van der Waals surface area contributed by atoms with E-state index in [1.807, 2.05) is 43.2 Å². The highest BCUT2D eigenvalue weighted by atomic mass is 32.2. The molecule has 3 unspecified atom stereocenters. The second-order valence-corrected chi connectivity index (χ2v) is 11.2. The number of hydrogen-bond acceptors (Lipinski definition) is 5. The third-order valence-electron chi connectivity index (χ3n) is 7.21. The SMILES string of the molecule is C=CC(C)(SC(=NC)NC1(N)CCC(CC)C1)C1CCN(C(=O)C/C=C\C(N)=C/CC)CC1. The van der Waals surface area contributed by atoms with Gasteiger partial charge in [-0.3, -0.25) is 9.79 Å². The summed E-state index contributed by atoms with van der Waals surface area (Å²) in [5, 5.41) is 4.45. The highest BCUT2D eigenvalue weighted by Crippen LogP contribution is 2.41. The van der Waals surface area contributed by atoms with E-state index in [2.05, 4.69) is 30.7 Å². The lowest BCUT2D eigenvalue weighted by molar-refractivity contribution is -0.131. The van der Waals surface area contributed by atoms with Crippen LogP contribution in [0.15, 0.2) is 41.6 Å². The maximum absolute atomic E-state index is 12.6. The van der Waals surface area contributed by atoms with Gasteiger partial charge in [0.1, 0.15) is 0 Å². The summed E-state index contributed by atoms with van der Waals surface area (Å²) in [5.41, 5.74) is 12.9. The molecule has 1 heterocycles. The van der Waals surface area contributed by atoms with Crippen LogP contribution >= 0.6 is 11.8 Å². The molecule has 2 fully saturated rings. The summed E-state index contributed by atoms with van der Waals surface area (Å²) in [4.78, 5) is 19.1. The minimum atomic E-state index is -0.371. The second kappa shape index (κ2) is 12.7. The molecule has 0 aromatic rings. The maximum atomic E-state index is 12.6. The van der Waals surface area contributed by atoms with Crippen molar-refractivity contribution in [2.24, 2.45) is 28.3 Å². The number of nitrogens with one attached hydrogen (secondary N) is 1. The summed E-state index contributed by atoms with van der Waals surface area (Å²) >= 11 is 1.73. The Hall–Kier alpha value is -1.73. The van der Waals surface area contributed by atoms with Gasteiger partial charge in [-0.15, -0.1) is 6.58 Å². The molecule has 1 aliphatic carbocycles. The van der Waals surface area contributed by atoms with Crippen LogP contribution < -0.4 is 16.8 Å². The van der Waals surface area contributed by atoms with Crippen molar-refractivity contribution in [3.63, 3.8) is 0 Å². The molecule has 1 aliphatic heterocycles. The summed E-state index contributed by atoms with van der Waals surface area (Å²) in [6, 6.07) is 0. The number of amides is 1. The van der Waals surface area contributed by atoms with Gasteiger partial charge in [0, 0.05) is 37.0 Å². The number of rotatable bonds is 9. The van der Waals surface area contributed by atoms with Gasteiger partial charge in [0.15, 0.2) is 5.17 Å². The van der Waals surface area contributed by atoms with Crippen molar-refractivity contribution in [2.45, 2.75) is 82.5 Å². The molecule has 33 heavy (non-hydrogen) atoms. The number of aliphatic imine (C=N–C) groups is 1. The van der Waals surface area contributed by atoms with Crippen molar-refractivity contribution in [1.82, 2.24) is 10.2 Å². The maximum Gasteiger partial charge on any atom is 0.226 e. The van der Waals surface area contributed by atoms with E-state index in [1.165, 1.54) is 12.8 Å². The zero-order valence-electron chi connectivity index (χ0n) is 21.1. The monoisotopic (exact) mass is 475 g/mol. The Kier molecular flexibility index (Phi) is 10.6. The average molecular weight is 476 g/mol. The van der Waals surface area contributed by atoms with Crippen LogP contribution in [0.25, 0.3) is 0 Å². The van der Waals surface area contributed by atoms with Gasteiger partial charge >= 0.3 is 0 Å². The molecule has 0 radical (unpaired) electrons. The summed E-state index contributed by atoms with van der Waals surface area (Å²) in [7, 11) is 1.83. The lowest BCUT2D eigenvalue weighted by atomic mass is 9.84. The Morgan fingerprint density at radius 3 is 2.58 bits per heavy atom. The fourth-order valence-electron chi connectivity index (χ4n) is 4.91. The van der Waals surface area contributed by atoms with Crippen molar-refractivity contribution < 1.29 is 4.79 Å². The first kappa shape index (κ1) is 27.5. The number of nitrogens with zero attached hydrogens (tertiary/aromatic N) is 2. The number of carbonyl (C=O) groups excluding carboxylic acids is 1. The Morgan fingerprint density at radius 2 is 2.03 bits per heavy atom. The molecular formula is C26H45N5OS. The second-order valence-electron chi connectivity index (χ2n) is 9.69. The fourth-order valence-corrected chi connectivity index (χ4v) is 6.16. The number of amidine groups is 1. The summed E-state index contributed by atoms with van der Waals surface area (Å²) in [5.74, 6) is 1.27. The minimum Gasteiger partial charge on any atom is -0.399 e. The van der Waals surface area contributed by atoms with Crippen molar-refractivity contribution in [3.8, 4) is 0 Å². The van der Waals surface area contributed by atoms with Gasteiger partial charge in [-0.25, -0.2) is 0 Å². The van der Waals surface area contributed by atoms with Crippen LogP contribution in [0, 0.1) is 11.8 Å². The van der Waals surface area contributed by atoms with Crippen LogP contribution in [0.1, 0.15) is 72.1 Å². The van der Waals surface area contributed by atoms with Crippen molar-refractivity contribution in [1.29, 1.82) is 0 Å². The summed E-state index contributed by atoms with van der Waals surface area (Å²) in [6.45, 7) is 12.2. The number of thioether (sulfide) groups is 1. The third-order valence-corrected chi connectivity index (χ3v) is 8.63. The van der Waals surface area contributed by atoms with E-state index in [4.69, 9.17) is 11.5 Å². The van der Waals surface area contributed by atoms with Gasteiger partial charge < -0.3 is 21.7 Å². The quantitative estimate of drug-likeness (QED) is 0.150. The van der Waals surface area contributed by atoms with E-state index < -0.39 is 0 Å². The van der Waals surface area contributed by atoms with Gasteiger partial charge in [0.25, 0.3) is 0 Å². The standard InChI is InChI=1S/C26H45N5OS/c1-6-10-22(27)11-9-12-23(32)31-17-14-21(15-18-31)25(4,8-3)33-24(29-5)30-26(28)16-13-20(7-2)19-26/h8-11,20-21H,3,6-7,12-19,27-28H2,1-2,4-5H3,(H,29,30)/b11-9-,22-10+. The van der Waals surface area contributed by atoms with Gasteiger partial charge in [-0.1, -0.05) is 50.3 Å². The van der Waals surface area contributed by atoms with E-state index >= 15 is 0 Å². The molecular weight excluding hydrogens is 430 g/mol. The van der Waals surface area contributed by atoms with Gasteiger partial charge in [-0.05, 0) is 63.4 Å². The van der Waals surface area contributed by atoms with Crippen LogP contribution in [0.5, 0.6) is 0 Å². The molecule has 5 N–H and O–H groups in total. The molecule has 2 rings (SSSR count). The van der Waals surface area contributed by atoms with Crippen LogP contribution in [0.3, 0.4) is 0 Å². The number of piperidine rings is 1. The molecule has 0 spiro atoms. The number of hydrogen-bond donors (Lipinski definition) is 3. The van der Waals surface area contributed by atoms with E-state index in [9.17, 15) is 4.79 Å². The predicted octanol–water partition coefficient (Wildman–Crippen LogP) is 4.54. The average Bonchev–Trinajstić information content (AvgIpc) is 3.19. The normalized spacial score (nSPS) is 27.1. The Labute approximate surface area is 205 Å². The topological polar surface area (TPSA) is 96.7 Å². The number of nitrogens with two attached hydrogens (primary N) is 2. The molecule has 7 heteroatoms. The zero-order chi connectivity index (χ0) is 24.5. The van der Waals surface area contributed by atoms with E-state index in [1.54, 1.807) is 11.8 Å². The highest BCUT2D eigenvalue weighted by Gasteiger charge is 2.40. The van der Waals surface area contributed by atoms with Crippen LogP contribution in [-0.2, 0) is 4.79 Å². The van der Waals surface area contributed by atoms with Gasteiger partial charge in [0.2, 0.25) is 5.91 Å². The first-order valence-electron chi connectivity index (χ1n) is 12.4. The Morgan fingerprint density at radius 1 is 1.33 bits per heavy atom. The molecule has 3 atom stereocenters. The highest BCUT2D eigenvalue weighted by molar-refractivity contribution is 8.15. The molecule has 0 aromatic carbocycles. The smallest absolute Gasteiger partial charge is 0.226 e. The van der Waals surface area contributed by atoms with Crippen LogP contribution in [-0.4, -0.2) is 46.5 Å². The first-order valence-corrected chi connectivity index (χ1v) is 13.3. The predicted molar refractivity (Wildman–Crippen MR) is 143 cm³/mol. The van der Waals surface area contributed by atoms with Gasteiger partial charge in [0.05, 0.1) is 5.66 Å². The van der Waals surface area contributed by atoms with Crippen LogP contribution in [0.2, 0.25) is 0 Å². The van der Waals surface area contributed by atoms with Gasteiger partial charge in [-0.2, -0.15) is 0 Å². The molecule has 1 amide bonds. The molecule has 186 valence electrons. The molecule has 1 saturated heterocycles. The van der Waals surface area contributed by atoms with Crippen molar-refractivity contribution in [3.05, 3.63) is 36.6 Å². The summed E-state index contributed by atoms with van der Waals surface area (Å²) < 4.78 is -0.171. The Bertz CT molecular complexity index is 756. The minimum absolute atomic E-state index is 0.163. The lowest BCUT2D eigenvalue weighted by Crippen LogP contribution is -2.54. The van der Waals surface area contributed by atoms with Crippen molar-refractivity contribution >= 4 is 22.8 Å². The van der Waals surface area contributed by atoms with E-state index in [0.717, 1.165) is 50.4 Å². The molecule has 0 bridgehead atoms. The van der Waals surface area contributed by atoms with E-state index in [0.29, 0.717) is 24.0 Å². The first-order chi connectivity index (χ1) is 15.7. The number of carbonyl (C=O) groups is 1. The van der Waals surface area contributed by atoms with Crippen molar-refractivity contribution in [2.75, 3.05) is 20.1 Å². The number of likely N-dealkylation sites (tertiary alicyclic amines) is 1. The number of allylic oxidation sites excluding steroid dienone is 2. The molecule has 2 aliphatic rings. The third kappa shape index (κ3) is 7.92. The molecule has 6 nitrogen and oxygen atoms in total. The Balaban J connectivity index is 1.91. The van der Waals surface area contributed by atoms with E-state index in [-0.39, 0.29) is 16.3 Å².